The molecule has 0 fully saturated rings. The molecule has 0 saturated heterocycles. The Hall–Kier alpha value is -1.09. The fraction of sp³-hybridized carbons (Fsp3) is 0.667. The van der Waals surface area contributed by atoms with E-state index in [0.29, 0.717) is 6.04 Å². The number of nitrogens with one attached hydrogen (secondary N) is 1. The number of hydrogen-bond donors (Lipinski definition) is 1. The fourth-order valence-electron chi connectivity index (χ4n) is 2.70. The molecule has 1 atom stereocenters. The van der Waals surface area contributed by atoms with Gasteiger partial charge in [0, 0.05) is 13.2 Å². The van der Waals surface area contributed by atoms with Crippen LogP contribution in [0, 0.1) is 0 Å². The monoisotopic (exact) mass is 247 g/mol. The van der Waals surface area contributed by atoms with E-state index in [-0.39, 0.29) is 0 Å². The van der Waals surface area contributed by atoms with Crippen LogP contribution in [-0.2, 0) is 7.05 Å². The highest BCUT2D eigenvalue weighted by Gasteiger charge is 2.18. The summed E-state index contributed by atoms with van der Waals surface area (Å²) in [5.41, 5.74) is 2.70. The lowest BCUT2D eigenvalue weighted by Crippen LogP contribution is -2.24. The van der Waals surface area contributed by atoms with E-state index < -0.39 is 0 Å². The summed E-state index contributed by atoms with van der Waals surface area (Å²) in [7, 11) is 1.99. The number of aromatic nitrogens is 2. The summed E-state index contributed by atoms with van der Waals surface area (Å²) in [6.07, 6.45) is 12.3. The van der Waals surface area contributed by atoms with Gasteiger partial charge in [0.2, 0.25) is 0 Å². The number of rotatable bonds is 4. The van der Waals surface area contributed by atoms with E-state index in [9.17, 15) is 0 Å². The van der Waals surface area contributed by atoms with Gasteiger partial charge in [-0.05, 0) is 38.3 Å². The molecule has 1 aromatic rings. The first-order valence-corrected chi connectivity index (χ1v) is 7.23. The van der Waals surface area contributed by atoms with Crippen LogP contribution in [0.1, 0.15) is 57.2 Å². The number of nitrogens with zero attached hydrogens (tertiary/aromatic N) is 2. The highest BCUT2D eigenvalue weighted by Crippen LogP contribution is 2.27. The van der Waals surface area contributed by atoms with Crippen molar-refractivity contribution in [2.45, 2.75) is 51.5 Å². The molecule has 0 radical (unpaired) electrons. The van der Waals surface area contributed by atoms with Crippen molar-refractivity contribution in [1.82, 2.24) is 15.1 Å². The molecular formula is C15H25N3. The van der Waals surface area contributed by atoms with Crippen LogP contribution >= 0.6 is 0 Å². The first-order chi connectivity index (χ1) is 8.81. The van der Waals surface area contributed by atoms with E-state index in [1.165, 1.54) is 44.1 Å². The van der Waals surface area contributed by atoms with Gasteiger partial charge in [-0.15, -0.1) is 0 Å². The second-order valence-electron chi connectivity index (χ2n) is 5.14. The predicted molar refractivity (Wildman–Crippen MR) is 75.4 cm³/mol. The van der Waals surface area contributed by atoms with Gasteiger partial charge in [-0.25, -0.2) is 0 Å². The molecule has 0 saturated carbocycles. The van der Waals surface area contributed by atoms with Crippen molar-refractivity contribution < 1.29 is 0 Å². The number of allylic oxidation sites excluding steroid dienone is 1. The molecule has 0 amide bonds. The van der Waals surface area contributed by atoms with Crippen molar-refractivity contribution in [3.63, 3.8) is 0 Å². The molecule has 1 heterocycles. The first kappa shape index (κ1) is 13.3. The molecule has 100 valence electrons. The molecule has 3 nitrogen and oxygen atoms in total. The standard InChI is InChI=1S/C15H25N3/c1-3-16-15(14-11-12-18(2)17-14)13-9-7-5-4-6-8-10-13/h9,11-12,15-16H,3-8,10H2,1-2H3/b13-9+. The van der Waals surface area contributed by atoms with Gasteiger partial charge in [-0.2, -0.15) is 5.10 Å². The zero-order chi connectivity index (χ0) is 12.8. The van der Waals surface area contributed by atoms with Gasteiger partial charge in [0.15, 0.2) is 0 Å². The Kier molecular flexibility index (Phi) is 5.00. The van der Waals surface area contributed by atoms with E-state index in [0.717, 1.165) is 12.2 Å². The summed E-state index contributed by atoms with van der Waals surface area (Å²) in [4.78, 5) is 0. The highest BCUT2D eigenvalue weighted by atomic mass is 15.3. The molecule has 0 aromatic carbocycles. The third-order valence-electron chi connectivity index (χ3n) is 3.64. The van der Waals surface area contributed by atoms with Gasteiger partial charge in [0.25, 0.3) is 0 Å². The predicted octanol–water partition coefficient (Wildman–Crippen LogP) is 3.35. The molecule has 3 heteroatoms. The molecule has 0 bridgehead atoms. The molecule has 1 N–H and O–H groups in total. The summed E-state index contributed by atoms with van der Waals surface area (Å²) in [5.74, 6) is 0. The lowest BCUT2D eigenvalue weighted by molar-refractivity contribution is 0.540. The molecule has 0 spiro atoms. The Bertz CT molecular complexity index is 392. The van der Waals surface area contributed by atoms with E-state index >= 15 is 0 Å². The summed E-state index contributed by atoms with van der Waals surface area (Å²) in [6.45, 7) is 3.15. The summed E-state index contributed by atoms with van der Waals surface area (Å²) >= 11 is 0. The van der Waals surface area contributed by atoms with Crippen molar-refractivity contribution in [3.05, 3.63) is 29.6 Å². The van der Waals surface area contributed by atoms with Crippen molar-refractivity contribution in [2.24, 2.45) is 7.05 Å². The van der Waals surface area contributed by atoms with Crippen LogP contribution in [0.3, 0.4) is 0 Å². The van der Waals surface area contributed by atoms with Crippen molar-refractivity contribution >= 4 is 0 Å². The van der Waals surface area contributed by atoms with E-state index in [1.807, 2.05) is 17.9 Å². The van der Waals surface area contributed by atoms with Gasteiger partial charge in [0.05, 0.1) is 11.7 Å². The van der Waals surface area contributed by atoms with Crippen LogP contribution in [0.15, 0.2) is 23.9 Å². The number of aryl methyl sites for hydroxylation is 1. The Labute approximate surface area is 110 Å². The average molecular weight is 247 g/mol. The first-order valence-electron chi connectivity index (χ1n) is 7.23. The minimum absolute atomic E-state index is 0.314. The van der Waals surface area contributed by atoms with Crippen LogP contribution in [0.4, 0.5) is 0 Å². The molecule has 1 aliphatic rings. The molecular weight excluding hydrogens is 222 g/mol. The lowest BCUT2D eigenvalue weighted by Gasteiger charge is -2.21. The third-order valence-corrected chi connectivity index (χ3v) is 3.64. The quantitative estimate of drug-likeness (QED) is 0.827. The zero-order valence-electron chi connectivity index (χ0n) is 11.7. The van der Waals surface area contributed by atoms with Crippen LogP contribution in [-0.4, -0.2) is 16.3 Å². The third kappa shape index (κ3) is 3.45. The second kappa shape index (κ2) is 6.74. The normalized spacial score (nSPS) is 21.8. The summed E-state index contributed by atoms with van der Waals surface area (Å²) < 4.78 is 1.89. The van der Waals surface area contributed by atoms with E-state index in [2.05, 4.69) is 29.5 Å². The maximum Gasteiger partial charge on any atom is 0.0835 e. The van der Waals surface area contributed by atoms with E-state index in [4.69, 9.17) is 0 Å². The summed E-state index contributed by atoms with van der Waals surface area (Å²) in [6, 6.07) is 2.45. The number of likely N-dealkylation sites (N-methyl/N-ethyl adjacent to an activating group) is 1. The van der Waals surface area contributed by atoms with Crippen molar-refractivity contribution in [3.8, 4) is 0 Å². The Morgan fingerprint density at radius 2 is 2.17 bits per heavy atom. The van der Waals surface area contributed by atoms with Crippen LogP contribution in [0.2, 0.25) is 0 Å². The van der Waals surface area contributed by atoms with Gasteiger partial charge in [-0.3, -0.25) is 4.68 Å². The van der Waals surface area contributed by atoms with Crippen LogP contribution in [0.25, 0.3) is 0 Å². The lowest BCUT2D eigenvalue weighted by atomic mass is 9.93. The topological polar surface area (TPSA) is 29.9 Å². The maximum atomic E-state index is 4.57. The largest absolute Gasteiger partial charge is 0.305 e. The van der Waals surface area contributed by atoms with Crippen molar-refractivity contribution in [2.75, 3.05) is 6.54 Å². The van der Waals surface area contributed by atoms with E-state index in [1.54, 1.807) is 0 Å². The van der Waals surface area contributed by atoms with Gasteiger partial charge in [0.1, 0.15) is 0 Å². The average Bonchev–Trinajstić information content (AvgIpc) is 2.73. The van der Waals surface area contributed by atoms with Gasteiger partial charge in [-0.1, -0.05) is 31.4 Å². The van der Waals surface area contributed by atoms with Gasteiger partial charge >= 0.3 is 0 Å². The molecule has 2 rings (SSSR count). The number of hydrogen-bond acceptors (Lipinski definition) is 2. The SMILES string of the molecule is CCNC(/C1=C/CCCCCC1)c1ccn(C)n1. The minimum atomic E-state index is 0.314. The Balaban J connectivity index is 2.17. The van der Waals surface area contributed by atoms with Crippen molar-refractivity contribution in [1.29, 1.82) is 0 Å². The van der Waals surface area contributed by atoms with Crippen LogP contribution < -0.4 is 5.32 Å². The zero-order valence-corrected chi connectivity index (χ0v) is 11.7. The highest BCUT2D eigenvalue weighted by molar-refractivity contribution is 5.22. The Morgan fingerprint density at radius 1 is 1.33 bits per heavy atom. The molecule has 0 aliphatic heterocycles. The maximum absolute atomic E-state index is 4.57. The smallest absolute Gasteiger partial charge is 0.0835 e. The van der Waals surface area contributed by atoms with Crippen LogP contribution in [0.5, 0.6) is 0 Å². The molecule has 18 heavy (non-hydrogen) atoms. The second-order valence-corrected chi connectivity index (χ2v) is 5.14. The molecule has 1 unspecified atom stereocenters. The molecule has 1 aliphatic carbocycles. The molecule has 1 aromatic heterocycles. The summed E-state index contributed by atoms with van der Waals surface area (Å²) in [5, 5.41) is 8.16. The Morgan fingerprint density at radius 3 is 2.89 bits per heavy atom. The fourth-order valence-corrected chi connectivity index (χ4v) is 2.70. The minimum Gasteiger partial charge on any atom is -0.305 e. The van der Waals surface area contributed by atoms with Gasteiger partial charge < -0.3 is 5.32 Å².